The van der Waals surface area contributed by atoms with E-state index in [1.54, 1.807) is 0 Å². The lowest BCUT2D eigenvalue weighted by atomic mass is 10.1. The van der Waals surface area contributed by atoms with Gasteiger partial charge in [-0.25, -0.2) is 0 Å². The van der Waals surface area contributed by atoms with Gasteiger partial charge in [0.05, 0.1) is 38.6 Å². The Morgan fingerprint density at radius 3 is 1.00 bits per heavy atom. The molecule has 0 aliphatic rings. The van der Waals surface area contributed by atoms with Crippen molar-refractivity contribution in [3.05, 3.63) is 0 Å². The Morgan fingerprint density at radius 1 is 0.786 bits per heavy atom. The van der Waals surface area contributed by atoms with Gasteiger partial charge in [0.2, 0.25) is 0 Å². The molecule has 0 heterocycles. The third-order valence-corrected chi connectivity index (χ3v) is 1.04. The summed E-state index contributed by atoms with van der Waals surface area (Å²) in [4.78, 5) is 0. The van der Waals surface area contributed by atoms with Gasteiger partial charge in [-0.3, -0.25) is 0 Å². The fourth-order valence-electron chi connectivity index (χ4n) is 0.150. The summed E-state index contributed by atoms with van der Waals surface area (Å²) in [6.45, 7) is -1.46. The molecule has 0 saturated heterocycles. The number of hydrogen-bond acceptors (Lipinski definition) is 7. The van der Waals surface area contributed by atoms with Crippen LogP contribution in [0.2, 0.25) is 0 Å². The van der Waals surface area contributed by atoms with Crippen molar-refractivity contribution in [2.45, 2.75) is 5.54 Å². The number of aliphatic hydroxyl groups is 5. The minimum Gasteiger partial charge on any atom is -0.394 e. The molecule has 0 aromatic heterocycles. The van der Waals surface area contributed by atoms with E-state index in [2.05, 4.69) is 5.73 Å². The zero-order valence-corrected chi connectivity index (χ0v) is 8.43. The molecule has 0 radical (unpaired) electrons. The average molecular weight is 214 g/mol. The molecule has 0 aromatic carbocycles. The second kappa shape index (κ2) is 15.2. The summed E-state index contributed by atoms with van der Waals surface area (Å²) in [6, 6.07) is 0. The molecule has 7 heteroatoms. The van der Waals surface area contributed by atoms with Crippen molar-refractivity contribution < 1.29 is 25.5 Å². The highest BCUT2D eigenvalue weighted by molar-refractivity contribution is 4.80. The van der Waals surface area contributed by atoms with Crippen molar-refractivity contribution in [2.75, 3.05) is 40.1 Å². The molecular weight excluding hydrogens is 192 g/mol. The monoisotopic (exact) mass is 214 g/mol. The highest BCUT2D eigenvalue weighted by atomic mass is 16.3. The lowest BCUT2D eigenvalue weighted by Gasteiger charge is -2.20. The normalized spacial score (nSPS) is 9.43. The Hall–Kier alpha value is -0.280. The molecule has 0 spiro atoms. The molecule has 0 amide bonds. The SMILES string of the molecule is CN.NC(CO)(CO)CO.OCCO. The average Bonchev–Trinajstić information content (AvgIpc) is 2.31. The van der Waals surface area contributed by atoms with Crippen molar-refractivity contribution in [2.24, 2.45) is 11.5 Å². The fourth-order valence-corrected chi connectivity index (χ4v) is 0.150. The van der Waals surface area contributed by atoms with Gasteiger partial charge in [0.1, 0.15) is 0 Å². The van der Waals surface area contributed by atoms with Gasteiger partial charge in [-0.1, -0.05) is 0 Å². The second-order valence-corrected chi connectivity index (χ2v) is 2.28. The Balaban J connectivity index is -0.000000170. The van der Waals surface area contributed by atoms with E-state index >= 15 is 0 Å². The first-order valence-electron chi connectivity index (χ1n) is 4.01. The van der Waals surface area contributed by atoms with E-state index in [0.29, 0.717) is 0 Å². The molecule has 14 heavy (non-hydrogen) atoms. The predicted octanol–water partition coefficient (Wildman–Crippen LogP) is -3.79. The first-order valence-corrected chi connectivity index (χ1v) is 4.01. The summed E-state index contributed by atoms with van der Waals surface area (Å²) in [6.07, 6.45) is 0. The van der Waals surface area contributed by atoms with Crippen LogP contribution in [0.25, 0.3) is 0 Å². The van der Waals surface area contributed by atoms with Gasteiger partial charge in [-0.05, 0) is 7.05 Å². The Bertz CT molecular complexity index is 79.9. The van der Waals surface area contributed by atoms with Gasteiger partial charge in [0, 0.05) is 0 Å². The van der Waals surface area contributed by atoms with E-state index < -0.39 is 25.4 Å². The standard InChI is InChI=1S/C4H11NO3.C2H6O2.CH5N/c5-4(1-6,2-7)3-8;3-1-2-4;1-2/h6-8H,1-3,5H2;3-4H,1-2H2;2H2,1H3. The van der Waals surface area contributed by atoms with Crippen LogP contribution in [0.15, 0.2) is 0 Å². The quantitative estimate of drug-likeness (QED) is 0.253. The predicted molar refractivity (Wildman–Crippen MR) is 52.5 cm³/mol. The number of aliphatic hydroxyl groups excluding tert-OH is 5. The minimum atomic E-state index is -1.21. The Labute approximate surface area is 83.6 Å². The first-order chi connectivity index (χ1) is 6.60. The molecule has 0 aromatic rings. The molecule has 7 nitrogen and oxygen atoms in total. The third kappa shape index (κ3) is 14.3. The van der Waals surface area contributed by atoms with Gasteiger partial charge in [-0.2, -0.15) is 0 Å². The number of nitrogens with two attached hydrogens (primary N) is 2. The summed E-state index contributed by atoms with van der Waals surface area (Å²) in [5.41, 5.74) is 8.44. The van der Waals surface area contributed by atoms with Crippen LogP contribution in [-0.4, -0.2) is 71.2 Å². The zero-order chi connectivity index (χ0) is 12.0. The lowest BCUT2D eigenvalue weighted by Crippen LogP contribution is -2.50. The van der Waals surface area contributed by atoms with Crippen LogP contribution in [0.1, 0.15) is 0 Å². The van der Waals surface area contributed by atoms with Crippen molar-refractivity contribution in [1.82, 2.24) is 0 Å². The largest absolute Gasteiger partial charge is 0.394 e. The maximum atomic E-state index is 8.34. The van der Waals surface area contributed by atoms with E-state index in [1.807, 2.05) is 0 Å². The van der Waals surface area contributed by atoms with Gasteiger partial charge >= 0.3 is 0 Å². The van der Waals surface area contributed by atoms with E-state index in [4.69, 9.17) is 31.3 Å². The van der Waals surface area contributed by atoms with E-state index in [-0.39, 0.29) is 13.2 Å². The van der Waals surface area contributed by atoms with Crippen LogP contribution in [0.4, 0.5) is 0 Å². The first kappa shape index (κ1) is 19.3. The van der Waals surface area contributed by atoms with Crippen molar-refractivity contribution in [1.29, 1.82) is 0 Å². The van der Waals surface area contributed by atoms with E-state index in [0.717, 1.165) is 0 Å². The topological polar surface area (TPSA) is 153 Å². The molecule has 0 bridgehead atoms. The smallest absolute Gasteiger partial charge is 0.0856 e. The second-order valence-electron chi connectivity index (χ2n) is 2.28. The van der Waals surface area contributed by atoms with Crippen LogP contribution < -0.4 is 11.5 Å². The van der Waals surface area contributed by atoms with Crippen LogP contribution in [0.5, 0.6) is 0 Å². The third-order valence-electron chi connectivity index (χ3n) is 1.04. The van der Waals surface area contributed by atoms with Crippen LogP contribution in [0.3, 0.4) is 0 Å². The van der Waals surface area contributed by atoms with Gasteiger partial charge < -0.3 is 37.0 Å². The van der Waals surface area contributed by atoms with Crippen molar-refractivity contribution in [3.8, 4) is 0 Å². The summed E-state index contributed by atoms with van der Waals surface area (Å²) in [7, 11) is 1.50. The van der Waals surface area contributed by atoms with E-state index in [9.17, 15) is 0 Å². The number of hydrogen-bond donors (Lipinski definition) is 7. The summed E-state index contributed by atoms with van der Waals surface area (Å²) < 4.78 is 0. The molecule has 0 saturated carbocycles. The molecule has 0 aliphatic carbocycles. The molecule has 0 aliphatic heterocycles. The van der Waals surface area contributed by atoms with E-state index in [1.165, 1.54) is 7.05 Å². The maximum Gasteiger partial charge on any atom is 0.0856 e. The van der Waals surface area contributed by atoms with Gasteiger partial charge in [0.15, 0.2) is 0 Å². The summed E-state index contributed by atoms with van der Waals surface area (Å²) in [5.74, 6) is 0. The van der Waals surface area contributed by atoms with Crippen LogP contribution in [0, 0.1) is 0 Å². The highest BCUT2D eigenvalue weighted by Crippen LogP contribution is 1.93. The molecule has 9 N–H and O–H groups in total. The zero-order valence-electron chi connectivity index (χ0n) is 8.43. The molecule has 0 unspecified atom stereocenters. The molecular formula is C7H22N2O5. The van der Waals surface area contributed by atoms with Crippen molar-refractivity contribution >= 4 is 0 Å². The highest BCUT2D eigenvalue weighted by Gasteiger charge is 2.20. The molecule has 0 fully saturated rings. The summed E-state index contributed by atoms with van der Waals surface area (Å²) >= 11 is 0. The fraction of sp³-hybridized carbons (Fsp3) is 1.00. The molecule has 0 atom stereocenters. The Kier molecular flexibility index (Phi) is 21.0. The minimum absolute atomic E-state index is 0.125. The van der Waals surface area contributed by atoms with Gasteiger partial charge in [-0.15, -0.1) is 0 Å². The number of rotatable bonds is 4. The molecule has 90 valence electrons. The van der Waals surface area contributed by atoms with Crippen molar-refractivity contribution in [3.63, 3.8) is 0 Å². The lowest BCUT2D eigenvalue weighted by molar-refractivity contribution is 0.0698. The molecule has 0 rings (SSSR count). The van der Waals surface area contributed by atoms with Gasteiger partial charge in [0.25, 0.3) is 0 Å². The van der Waals surface area contributed by atoms with Crippen LogP contribution >= 0.6 is 0 Å². The van der Waals surface area contributed by atoms with Crippen LogP contribution in [-0.2, 0) is 0 Å². The Morgan fingerprint density at radius 2 is 1.00 bits per heavy atom. The maximum absolute atomic E-state index is 8.34. The summed E-state index contributed by atoms with van der Waals surface area (Å²) in [5, 5.41) is 40.3.